The zero-order valence-corrected chi connectivity index (χ0v) is 12.9. The number of carbonyl (C=O) groups is 1. The van der Waals surface area contributed by atoms with Gasteiger partial charge in [0.05, 0.1) is 11.6 Å². The van der Waals surface area contributed by atoms with Crippen LogP contribution in [0, 0.1) is 10.8 Å². The van der Waals surface area contributed by atoms with Crippen LogP contribution in [0.2, 0.25) is 0 Å². The number of ether oxygens (including phenoxy) is 1. The molecule has 2 heterocycles. The number of benzene rings is 1. The standard InChI is InChI=1S/C16H18N2O3S/c19-15(9-4-5-12-14(8-9)21-16(22)18-12)17-11-2-1-3-13-10(11)6-7-20-13/h4-5,8,10-11,13H,1-3,6-7H2,(H,17,19)(H,18,22)/t10-,11+,13-/m0/s1. The number of fused-ring (bicyclic) bond motifs is 2. The lowest BCUT2D eigenvalue weighted by atomic mass is 9.81. The number of hydrogen-bond acceptors (Lipinski definition) is 4. The zero-order chi connectivity index (χ0) is 15.1. The van der Waals surface area contributed by atoms with Crippen LogP contribution in [0.15, 0.2) is 22.6 Å². The van der Waals surface area contributed by atoms with Crippen molar-refractivity contribution in [2.24, 2.45) is 5.92 Å². The normalized spacial score (nSPS) is 27.7. The maximum absolute atomic E-state index is 12.5. The highest BCUT2D eigenvalue weighted by Crippen LogP contribution is 2.34. The number of carbonyl (C=O) groups excluding carboxylic acids is 1. The van der Waals surface area contributed by atoms with Gasteiger partial charge in [0.25, 0.3) is 10.7 Å². The van der Waals surface area contributed by atoms with Gasteiger partial charge >= 0.3 is 0 Å². The van der Waals surface area contributed by atoms with Crippen molar-refractivity contribution in [1.82, 2.24) is 10.3 Å². The Hall–Kier alpha value is -1.66. The second-order valence-electron chi connectivity index (χ2n) is 6.10. The van der Waals surface area contributed by atoms with Gasteiger partial charge in [-0.3, -0.25) is 4.79 Å². The van der Waals surface area contributed by atoms with Gasteiger partial charge in [-0.05, 0) is 56.1 Å². The molecule has 0 bridgehead atoms. The molecule has 1 aromatic heterocycles. The van der Waals surface area contributed by atoms with Crippen molar-refractivity contribution < 1.29 is 13.9 Å². The molecular formula is C16H18N2O3S. The highest BCUT2D eigenvalue weighted by molar-refractivity contribution is 7.71. The third-order valence-corrected chi connectivity index (χ3v) is 4.97. The summed E-state index contributed by atoms with van der Waals surface area (Å²) in [5.74, 6) is 0.402. The van der Waals surface area contributed by atoms with Crippen molar-refractivity contribution in [3.05, 3.63) is 28.6 Å². The van der Waals surface area contributed by atoms with Gasteiger partial charge in [-0.25, -0.2) is 0 Å². The number of nitrogens with one attached hydrogen (secondary N) is 2. The number of hydrogen-bond donors (Lipinski definition) is 2. The topological polar surface area (TPSA) is 67.3 Å². The van der Waals surface area contributed by atoms with E-state index < -0.39 is 0 Å². The molecule has 5 nitrogen and oxygen atoms in total. The molecule has 1 amide bonds. The van der Waals surface area contributed by atoms with Crippen molar-refractivity contribution in [2.45, 2.75) is 37.8 Å². The summed E-state index contributed by atoms with van der Waals surface area (Å²) in [6, 6.07) is 5.57. The van der Waals surface area contributed by atoms with E-state index in [0.29, 0.717) is 28.0 Å². The molecule has 6 heteroatoms. The molecular weight excluding hydrogens is 300 g/mol. The number of oxazole rings is 1. The number of aromatic amines is 1. The molecule has 1 aliphatic carbocycles. The molecule has 2 N–H and O–H groups in total. The fraction of sp³-hybridized carbons (Fsp3) is 0.500. The van der Waals surface area contributed by atoms with Crippen LogP contribution >= 0.6 is 12.2 Å². The maximum atomic E-state index is 12.5. The summed E-state index contributed by atoms with van der Waals surface area (Å²) in [5, 5.41) is 3.18. The minimum Gasteiger partial charge on any atom is -0.429 e. The monoisotopic (exact) mass is 318 g/mol. The van der Waals surface area contributed by atoms with Gasteiger partial charge in [0.2, 0.25) is 0 Å². The quantitative estimate of drug-likeness (QED) is 0.835. The van der Waals surface area contributed by atoms with Crippen molar-refractivity contribution in [3.8, 4) is 0 Å². The first-order valence-corrected chi connectivity index (χ1v) is 8.17. The molecule has 22 heavy (non-hydrogen) atoms. The minimum atomic E-state index is -0.0539. The minimum absolute atomic E-state index is 0.0539. The van der Waals surface area contributed by atoms with Gasteiger partial charge < -0.3 is 19.5 Å². The van der Waals surface area contributed by atoms with E-state index in [-0.39, 0.29) is 11.9 Å². The predicted octanol–water partition coefficient (Wildman–Crippen LogP) is 3.18. The van der Waals surface area contributed by atoms with Gasteiger partial charge in [0, 0.05) is 24.1 Å². The molecule has 116 valence electrons. The molecule has 2 aliphatic rings. The lowest BCUT2D eigenvalue weighted by molar-refractivity contribution is 0.0510. The Kier molecular flexibility index (Phi) is 3.50. The Labute approximate surface area is 133 Å². The zero-order valence-electron chi connectivity index (χ0n) is 12.1. The summed E-state index contributed by atoms with van der Waals surface area (Å²) in [6.07, 6.45) is 4.62. The predicted molar refractivity (Wildman–Crippen MR) is 84.4 cm³/mol. The Morgan fingerprint density at radius 2 is 2.23 bits per heavy atom. The Morgan fingerprint density at radius 3 is 3.14 bits per heavy atom. The molecule has 2 aromatic rings. The fourth-order valence-electron chi connectivity index (χ4n) is 3.69. The van der Waals surface area contributed by atoms with E-state index in [4.69, 9.17) is 21.4 Å². The molecule has 0 unspecified atom stereocenters. The third-order valence-electron chi connectivity index (χ3n) is 4.78. The number of aromatic nitrogens is 1. The smallest absolute Gasteiger partial charge is 0.266 e. The van der Waals surface area contributed by atoms with E-state index in [1.165, 1.54) is 0 Å². The summed E-state index contributed by atoms with van der Waals surface area (Å²) in [5.41, 5.74) is 2.03. The van der Waals surface area contributed by atoms with Gasteiger partial charge in [-0.1, -0.05) is 0 Å². The second kappa shape index (κ2) is 5.52. The maximum Gasteiger partial charge on any atom is 0.266 e. The van der Waals surface area contributed by atoms with Gasteiger partial charge in [0.1, 0.15) is 0 Å². The molecule has 4 rings (SSSR count). The molecule has 0 spiro atoms. The van der Waals surface area contributed by atoms with E-state index in [2.05, 4.69) is 10.3 Å². The average molecular weight is 318 g/mol. The van der Waals surface area contributed by atoms with Crippen LogP contribution in [0.3, 0.4) is 0 Å². The molecule has 1 saturated heterocycles. The van der Waals surface area contributed by atoms with E-state index in [0.717, 1.165) is 37.8 Å². The van der Waals surface area contributed by atoms with E-state index in [9.17, 15) is 4.79 Å². The van der Waals surface area contributed by atoms with Crippen LogP contribution in [0.4, 0.5) is 0 Å². The van der Waals surface area contributed by atoms with Crippen LogP contribution in [0.25, 0.3) is 11.1 Å². The Balaban J connectivity index is 1.53. The van der Waals surface area contributed by atoms with E-state index >= 15 is 0 Å². The number of amides is 1. The molecule has 3 atom stereocenters. The van der Waals surface area contributed by atoms with Crippen LogP contribution < -0.4 is 5.32 Å². The number of rotatable bonds is 2. The number of H-pyrrole nitrogens is 1. The van der Waals surface area contributed by atoms with Crippen molar-refractivity contribution in [2.75, 3.05) is 6.61 Å². The Bertz CT molecular complexity index is 766. The van der Waals surface area contributed by atoms with Crippen LogP contribution in [-0.4, -0.2) is 29.6 Å². The lowest BCUT2D eigenvalue weighted by Gasteiger charge is -2.33. The average Bonchev–Trinajstić information content (AvgIpc) is 3.11. The lowest BCUT2D eigenvalue weighted by Crippen LogP contribution is -2.45. The third kappa shape index (κ3) is 2.46. The van der Waals surface area contributed by atoms with Gasteiger partial charge in [-0.15, -0.1) is 0 Å². The van der Waals surface area contributed by atoms with Crippen molar-refractivity contribution >= 4 is 29.2 Å². The first-order valence-electron chi connectivity index (χ1n) is 7.76. The van der Waals surface area contributed by atoms with Crippen LogP contribution in [0.1, 0.15) is 36.0 Å². The first-order chi connectivity index (χ1) is 10.7. The second-order valence-corrected chi connectivity index (χ2v) is 6.47. The fourth-order valence-corrected chi connectivity index (χ4v) is 3.89. The molecule has 1 aromatic carbocycles. The van der Waals surface area contributed by atoms with Crippen molar-refractivity contribution in [3.63, 3.8) is 0 Å². The van der Waals surface area contributed by atoms with Gasteiger partial charge in [0.15, 0.2) is 5.58 Å². The summed E-state index contributed by atoms with van der Waals surface area (Å²) in [7, 11) is 0. The summed E-state index contributed by atoms with van der Waals surface area (Å²) < 4.78 is 11.1. The van der Waals surface area contributed by atoms with E-state index in [1.54, 1.807) is 12.1 Å². The highest BCUT2D eigenvalue weighted by atomic mass is 32.1. The van der Waals surface area contributed by atoms with Gasteiger partial charge in [-0.2, -0.15) is 0 Å². The Morgan fingerprint density at radius 1 is 1.32 bits per heavy atom. The van der Waals surface area contributed by atoms with Crippen LogP contribution in [-0.2, 0) is 4.74 Å². The summed E-state index contributed by atoms with van der Waals surface area (Å²) >= 11 is 4.97. The molecule has 0 radical (unpaired) electrons. The highest BCUT2D eigenvalue weighted by Gasteiger charge is 2.38. The van der Waals surface area contributed by atoms with Crippen molar-refractivity contribution in [1.29, 1.82) is 0 Å². The molecule has 1 aliphatic heterocycles. The summed E-state index contributed by atoms with van der Waals surface area (Å²) in [6.45, 7) is 0.817. The molecule has 1 saturated carbocycles. The largest absolute Gasteiger partial charge is 0.429 e. The molecule has 2 fully saturated rings. The van der Waals surface area contributed by atoms with Crippen LogP contribution in [0.5, 0.6) is 0 Å². The summed E-state index contributed by atoms with van der Waals surface area (Å²) in [4.78, 5) is 15.8. The van der Waals surface area contributed by atoms with E-state index in [1.807, 2.05) is 6.07 Å². The first kappa shape index (κ1) is 14.0. The SMILES string of the molecule is O=C(N[C@@H]1CCC[C@@H]2OCC[C@H]21)c1ccc2[nH]c(=S)oc2c1.